The Labute approximate surface area is 136 Å². The molecular weight excluding hydrogens is 294 g/mol. The van der Waals surface area contributed by atoms with Crippen LogP contribution >= 0.6 is 0 Å². The summed E-state index contributed by atoms with van der Waals surface area (Å²) in [5.74, 6) is 1.10. The van der Waals surface area contributed by atoms with E-state index in [1.54, 1.807) is 6.20 Å². The molecule has 2 aliphatic rings. The van der Waals surface area contributed by atoms with Crippen molar-refractivity contribution < 1.29 is 9.59 Å². The molecule has 1 atom stereocenters. The molecule has 7 heteroatoms. The second kappa shape index (κ2) is 7.12. The molecule has 1 saturated heterocycles. The van der Waals surface area contributed by atoms with Crippen molar-refractivity contribution in [3.05, 3.63) is 18.2 Å². The number of hydrogen-bond acceptors (Lipinski definition) is 4. The van der Waals surface area contributed by atoms with Crippen molar-refractivity contribution in [3.8, 4) is 0 Å². The fraction of sp³-hybridized carbons (Fsp3) is 0.688. The van der Waals surface area contributed by atoms with E-state index in [9.17, 15) is 9.59 Å². The maximum atomic E-state index is 12.4. The number of hydrogen-bond donors (Lipinski definition) is 1. The average Bonchev–Trinajstić information content (AvgIpc) is 3.13. The Balaban J connectivity index is 1.69. The molecule has 1 unspecified atom stereocenters. The van der Waals surface area contributed by atoms with Crippen LogP contribution in [0.5, 0.6) is 0 Å². The third-order valence-electron chi connectivity index (χ3n) is 4.62. The third-order valence-corrected chi connectivity index (χ3v) is 4.62. The predicted molar refractivity (Wildman–Crippen MR) is 85.5 cm³/mol. The largest absolute Gasteiger partial charge is 0.347 e. The van der Waals surface area contributed by atoms with E-state index >= 15 is 0 Å². The van der Waals surface area contributed by atoms with Crippen LogP contribution in [-0.2, 0) is 22.7 Å². The SMILES string of the molecule is CC(=O)NCC(=O)N1Cc2nccn2CC(CN2CCCC2)C1. The number of nitrogens with one attached hydrogen (secondary N) is 1. The number of aromatic nitrogens is 2. The van der Waals surface area contributed by atoms with Crippen molar-refractivity contribution in [2.24, 2.45) is 5.92 Å². The topological polar surface area (TPSA) is 70.5 Å². The fourth-order valence-corrected chi connectivity index (χ4v) is 3.49. The summed E-state index contributed by atoms with van der Waals surface area (Å²) in [6, 6.07) is 0. The van der Waals surface area contributed by atoms with E-state index in [0.717, 1.165) is 38.5 Å². The zero-order valence-corrected chi connectivity index (χ0v) is 13.7. The molecule has 0 saturated carbocycles. The van der Waals surface area contributed by atoms with Gasteiger partial charge in [-0.3, -0.25) is 9.59 Å². The minimum Gasteiger partial charge on any atom is -0.347 e. The summed E-state index contributed by atoms with van der Waals surface area (Å²) in [6.07, 6.45) is 6.33. The number of carbonyl (C=O) groups excluding carboxylic acids is 2. The van der Waals surface area contributed by atoms with Gasteiger partial charge in [-0.05, 0) is 25.9 Å². The lowest BCUT2D eigenvalue weighted by atomic mass is 10.1. The molecule has 1 N–H and O–H groups in total. The molecule has 0 radical (unpaired) electrons. The summed E-state index contributed by atoms with van der Waals surface area (Å²) in [4.78, 5) is 32.2. The molecule has 0 bridgehead atoms. The molecule has 1 fully saturated rings. The Kier molecular flexibility index (Phi) is 4.95. The molecule has 2 aliphatic heterocycles. The van der Waals surface area contributed by atoms with Gasteiger partial charge in [0, 0.05) is 44.9 Å². The lowest BCUT2D eigenvalue weighted by Gasteiger charge is -2.27. The van der Waals surface area contributed by atoms with Gasteiger partial charge in [0.25, 0.3) is 0 Å². The van der Waals surface area contributed by atoms with Crippen molar-refractivity contribution in [1.29, 1.82) is 0 Å². The molecule has 126 valence electrons. The van der Waals surface area contributed by atoms with Crippen molar-refractivity contribution in [2.45, 2.75) is 32.9 Å². The molecule has 3 heterocycles. The first-order valence-corrected chi connectivity index (χ1v) is 8.36. The molecule has 1 aromatic heterocycles. The second-order valence-corrected chi connectivity index (χ2v) is 6.55. The minimum atomic E-state index is -0.178. The highest BCUT2D eigenvalue weighted by molar-refractivity contribution is 5.83. The van der Waals surface area contributed by atoms with Crippen LogP contribution in [0, 0.1) is 5.92 Å². The highest BCUT2D eigenvalue weighted by Crippen LogP contribution is 2.18. The van der Waals surface area contributed by atoms with Crippen LogP contribution < -0.4 is 5.32 Å². The Morgan fingerprint density at radius 2 is 2.09 bits per heavy atom. The standard InChI is InChI=1S/C16H25N5O2/c1-13(22)18-8-16(23)21-11-14(9-19-5-2-3-6-19)10-20-7-4-17-15(20)12-21/h4,7,14H,2-3,5-6,8-12H2,1H3,(H,18,22). The quantitative estimate of drug-likeness (QED) is 0.853. The van der Waals surface area contributed by atoms with Gasteiger partial charge in [-0.15, -0.1) is 0 Å². The Morgan fingerprint density at radius 1 is 1.30 bits per heavy atom. The number of rotatable bonds is 4. The zero-order valence-electron chi connectivity index (χ0n) is 13.7. The number of nitrogens with zero attached hydrogens (tertiary/aromatic N) is 4. The van der Waals surface area contributed by atoms with Crippen LogP contribution in [-0.4, -0.2) is 63.9 Å². The van der Waals surface area contributed by atoms with Gasteiger partial charge in [0.15, 0.2) is 0 Å². The van der Waals surface area contributed by atoms with Gasteiger partial charge < -0.3 is 19.7 Å². The predicted octanol–water partition coefficient (Wildman–Crippen LogP) is 0.0734. The smallest absolute Gasteiger partial charge is 0.242 e. The number of carbonyl (C=O) groups is 2. The van der Waals surface area contributed by atoms with Crippen LogP contribution in [0.15, 0.2) is 12.4 Å². The molecule has 0 aromatic carbocycles. The average molecular weight is 319 g/mol. The number of imidazole rings is 1. The van der Waals surface area contributed by atoms with E-state index < -0.39 is 0 Å². The molecule has 23 heavy (non-hydrogen) atoms. The zero-order chi connectivity index (χ0) is 16.2. The summed E-state index contributed by atoms with van der Waals surface area (Å²) in [5, 5.41) is 2.60. The number of likely N-dealkylation sites (tertiary alicyclic amines) is 1. The monoisotopic (exact) mass is 319 g/mol. The van der Waals surface area contributed by atoms with Crippen LogP contribution in [0.3, 0.4) is 0 Å². The molecule has 0 spiro atoms. The van der Waals surface area contributed by atoms with Crippen LogP contribution in [0.4, 0.5) is 0 Å². The van der Waals surface area contributed by atoms with Crippen LogP contribution in [0.1, 0.15) is 25.6 Å². The summed E-state index contributed by atoms with van der Waals surface area (Å²) in [5.41, 5.74) is 0. The highest BCUT2D eigenvalue weighted by Gasteiger charge is 2.27. The van der Waals surface area contributed by atoms with Gasteiger partial charge in [-0.1, -0.05) is 0 Å². The van der Waals surface area contributed by atoms with Crippen molar-refractivity contribution in [1.82, 2.24) is 24.7 Å². The third kappa shape index (κ3) is 4.10. The van der Waals surface area contributed by atoms with Crippen molar-refractivity contribution >= 4 is 11.8 Å². The second-order valence-electron chi connectivity index (χ2n) is 6.55. The molecule has 2 amide bonds. The van der Waals surface area contributed by atoms with E-state index in [-0.39, 0.29) is 18.4 Å². The van der Waals surface area contributed by atoms with E-state index in [2.05, 4.69) is 19.8 Å². The molecule has 1 aromatic rings. The first-order chi connectivity index (χ1) is 11.1. The lowest BCUT2D eigenvalue weighted by Crippen LogP contribution is -2.42. The van der Waals surface area contributed by atoms with Crippen LogP contribution in [0.2, 0.25) is 0 Å². The lowest BCUT2D eigenvalue weighted by molar-refractivity contribution is -0.133. The van der Waals surface area contributed by atoms with Gasteiger partial charge in [0.1, 0.15) is 5.82 Å². The van der Waals surface area contributed by atoms with Gasteiger partial charge in [0.2, 0.25) is 11.8 Å². The van der Waals surface area contributed by atoms with E-state index in [1.165, 1.54) is 19.8 Å². The first-order valence-electron chi connectivity index (χ1n) is 8.36. The Morgan fingerprint density at radius 3 is 2.83 bits per heavy atom. The van der Waals surface area contributed by atoms with Crippen LogP contribution in [0.25, 0.3) is 0 Å². The first kappa shape index (κ1) is 16.0. The van der Waals surface area contributed by atoms with Gasteiger partial charge >= 0.3 is 0 Å². The summed E-state index contributed by atoms with van der Waals surface area (Å²) in [6.45, 7) is 6.96. The number of fused-ring (bicyclic) bond motifs is 1. The van der Waals surface area contributed by atoms with Crippen molar-refractivity contribution in [3.63, 3.8) is 0 Å². The Hall–Kier alpha value is -1.89. The molecule has 7 nitrogen and oxygen atoms in total. The van der Waals surface area contributed by atoms with E-state index in [1.807, 2.05) is 11.1 Å². The Bertz CT molecular complexity index is 565. The fourth-order valence-electron chi connectivity index (χ4n) is 3.49. The maximum absolute atomic E-state index is 12.4. The van der Waals surface area contributed by atoms with Gasteiger partial charge in [-0.25, -0.2) is 4.98 Å². The summed E-state index contributed by atoms with van der Waals surface area (Å²) < 4.78 is 2.16. The van der Waals surface area contributed by atoms with Gasteiger partial charge in [0.05, 0.1) is 13.1 Å². The maximum Gasteiger partial charge on any atom is 0.242 e. The number of amides is 2. The molecule has 3 rings (SSSR count). The summed E-state index contributed by atoms with van der Waals surface area (Å²) in [7, 11) is 0. The van der Waals surface area contributed by atoms with Crippen molar-refractivity contribution in [2.75, 3.05) is 32.7 Å². The normalized spacial score (nSPS) is 21.8. The van der Waals surface area contributed by atoms with E-state index in [0.29, 0.717) is 12.5 Å². The van der Waals surface area contributed by atoms with Gasteiger partial charge in [-0.2, -0.15) is 0 Å². The molecular formula is C16H25N5O2. The molecule has 0 aliphatic carbocycles. The summed E-state index contributed by atoms with van der Waals surface area (Å²) >= 11 is 0. The highest BCUT2D eigenvalue weighted by atomic mass is 16.2. The van der Waals surface area contributed by atoms with E-state index in [4.69, 9.17) is 0 Å². The minimum absolute atomic E-state index is 0.0388.